The Hall–Kier alpha value is -3.33. The zero-order valence-electron chi connectivity index (χ0n) is 16.1. The number of nitrogens with one attached hydrogen (secondary N) is 1. The minimum Gasteiger partial charge on any atom is -0.427 e. The Morgan fingerprint density at radius 1 is 1.16 bits per heavy atom. The van der Waals surface area contributed by atoms with Gasteiger partial charge in [-0.2, -0.15) is 13.5 Å². The maximum atomic E-state index is 14.3. The number of pyridine rings is 2. The number of aromatic nitrogens is 2. The van der Waals surface area contributed by atoms with Crippen LogP contribution in [-0.4, -0.2) is 27.4 Å². The molecule has 0 unspecified atom stereocenters. The molecule has 0 saturated heterocycles. The summed E-state index contributed by atoms with van der Waals surface area (Å²) in [5.74, 6) is -4.37. The molecule has 0 bridgehead atoms. The van der Waals surface area contributed by atoms with E-state index in [9.17, 15) is 23.2 Å². The second-order valence-electron chi connectivity index (χ2n) is 6.58. The molecule has 1 amide bonds. The van der Waals surface area contributed by atoms with Gasteiger partial charge >= 0.3 is 5.92 Å². The van der Waals surface area contributed by atoms with E-state index in [-0.39, 0.29) is 29.2 Å². The van der Waals surface area contributed by atoms with E-state index >= 15 is 0 Å². The molecule has 6 nitrogen and oxygen atoms in total. The second kappa shape index (κ2) is 9.65. The molecule has 0 fully saturated rings. The van der Waals surface area contributed by atoms with Crippen molar-refractivity contribution in [3.63, 3.8) is 0 Å². The Morgan fingerprint density at radius 3 is 2.61 bits per heavy atom. The van der Waals surface area contributed by atoms with Crippen molar-refractivity contribution in [1.29, 1.82) is 0 Å². The third-order valence-electron chi connectivity index (χ3n) is 4.37. The second-order valence-corrected chi connectivity index (χ2v) is 6.99. The Labute approximate surface area is 180 Å². The predicted octanol–water partition coefficient (Wildman–Crippen LogP) is 3.46. The summed E-state index contributed by atoms with van der Waals surface area (Å²) in [7, 11) is 0. The van der Waals surface area contributed by atoms with Crippen molar-refractivity contribution < 1.29 is 23.2 Å². The first-order chi connectivity index (χ1) is 14.8. The molecule has 3 rings (SSSR count). The molecular weight excluding hydrogens is 433 g/mol. The number of carbonyl (C=O) groups is 1. The molecule has 0 spiro atoms. The van der Waals surface area contributed by atoms with E-state index in [1.165, 1.54) is 54.7 Å². The van der Waals surface area contributed by atoms with Gasteiger partial charge in [-0.25, -0.2) is 4.39 Å². The van der Waals surface area contributed by atoms with Crippen LogP contribution in [0.5, 0.6) is 0 Å². The first-order valence-corrected chi connectivity index (χ1v) is 9.55. The number of amides is 1. The maximum Gasteiger partial charge on any atom is 0.308 e. The largest absolute Gasteiger partial charge is 0.427 e. The van der Waals surface area contributed by atoms with Crippen LogP contribution in [0, 0.1) is 5.82 Å². The first-order valence-electron chi connectivity index (χ1n) is 9.17. The van der Waals surface area contributed by atoms with Gasteiger partial charge in [-0.15, -0.1) is 0 Å². The number of carbonyl (C=O) groups excluding carboxylic acids is 1. The van der Waals surface area contributed by atoms with Gasteiger partial charge in [0.05, 0.1) is 17.1 Å². The van der Waals surface area contributed by atoms with Crippen molar-refractivity contribution >= 4 is 17.5 Å². The minimum atomic E-state index is -3.36. The summed E-state index contributed by atoms with van der Waals surface area (Å²) < 4.78 is 42.7. The van der Waals surface area contributed by atoms with Crippen LogP contribution in [0.25, 0.3) is 0 Å². The average Bonchev–Trinajstić information content (AvgIpc) is 2.76. The van der Waals surface area contributed by atoms with Crippen molar-refractivity contribution in [2.45, 2.75) is 18.9 Å². The molecule has 0 radical (unpaired) electrons. The number of nitrogens with zero attached hydrogens (tertiary/aromatic N) is 3. The smallest absolute Gasteiger partial charge is 0.308 e. The highest BCUT2D eigenvalue weighted by atomic mass is 35.5. The molecule has 3 aromatic rings. The van der Waals surface area contributed by atoms with Gasteiger partial charge in [-0.3, -0.25) is 14.8 Å². The summed E-state index contributed by atoms with van der Waals surface area (Å²) >= 11 is 6.05. The Balaban J connectivity index is 1.75. The lowest BCUT2D eigenvalue weighted by Gasteiger charge is -2.14. The third kappa shape index (κ3) is 5.64. The van der Waals surface area contributed by atoms with Crippen LogP contribution in [0.2, 0.25) is 5.02 Å². The van der Waals surface area contributed by atoms with Crippen molar-refractivity contribution in [2.75, 3.05) is 6.54 Å². The lowest BCUT2D eigenvalue weighted by atomic mass is 10.2. The summed E-state index contributed by atoms with van der Waals surface area (Å²) in [5.41, 5.74) is -0.420. The fourth-order valence-corrected chi connectivity index (χ4v) is 2.93. The highest BCUT2D eigenvalue weighted by Gasteiger charge is 2.32. The van der Waals surface area contributed by atoms with E-state index in [2.05, 4.69) is 15.3 Å². The van der Waals surface area contributed by atoms with Crippen LogP contribution in [0.1, 0.15) is 17.0 Å². The van der Waals surface area contributed by atoms with E-state index in [0.29, 0.717) is 10.3 Å². The molecule has 162 valence electrons. The zero-order chi connectivity index (χ0) is 22.4. The molecule has 2 heterocycles. The van der Waals surface area contributed by atoms with Gasteiger partial charge in [-0.1, -0.05) is 35.9 Å². The van der Waals surface area contributed by atoms with Gasteiger partial charge in [-0.05, 0) is 30.3 Å². The van der Waals surface area contributed by atoms with Gasteiger partial charge in [0.2, 0.25) is 5.91 Å². The van der Waals surface area contributed by atoms with Gasteiger partial charge in [0, 0.05) is 18.3 Å². The maximum absolute atomic E-state index is 14.3. The zero-order valence-corrected chi connectivity index (χ0v) is 16.9. The minimum absolute atomic E-state index is 0.0407. The van der Waals surface area contributed by atoms with Gasteiger partial charge < -0.3 is 10.5 Å². The predicted molar refractivity (Wildman–Crippen MR) is 107 cm³/mol. The number of benzene rings is 1. The molecular formula is C21H18ClF3N4O2. The number of halogens is 4. The molecule has 0 aliphatic rings. The molecule has 10 heteroatoms. The lowest BCUT2D eigenvalue weighted by molar-refractivity contribution is -0.120. The Bertz CT molecular complexity index is 1140. The van der Waals surface area contributed by atoms with E-state index in [0.717, 1.165) is 0 Å². The van der Waals surface area contributed by atoms with Gasteiger partial charge in [0.1, 0.15) is 18.1 Å². The highest BCUT2D eigenvalue weighted by molar-refractivity contribution is 6.31. The summed E-state index contributed by atoms with van der Waals surface area (Å²) in [6.45, 7) is -1.03. The Kier molecular flexibility index (Phi) is 6.96. The quantitative estimate of drug-likeness (QED) is 0.541. The molecule has 0 aliphatic carbocycles. The molecule has 31 heavy (non-hydrogen) atoms. The standard InChI is InChI=1S/C21H18ClF3N4O2/c22-15-8-9-19(28-13-21(24,25)18-7-3-4-10-26-18)29(31)17(15)11-20(30)27-12-14-5-1-2-6-16(14)23/h1-10,31H,11-13H2,(H,27,30). The van der Waals surface area contributed by atoms with E-state index in [1.807, 2.05) is 0 Å². The fraction of sp³-hybridized carbons (Fsp3) is 0.190. The molecule has 0 saturated carbocycles. The van der Waals surface area contributed by atoms with Crippen molar-refractivity contribution in [2.24, 2.45) is 4.99 Å². The van der Waals surface area contributed by atoms with Gasteiger partial charge in [0.15, 0.2) is 5.49 Å². The third-order valence-corrected chi connectivity index (χ3v) is 4.71. The molecule has 2 N–H and O–H groups in total. The topological polar surface area (TPSA) is 79.5 Å². The van der Waals surface area contributed by atoms with Crippen LogP contribution < -0.4 is 10.8 Å². The van der Waals surface area contributed by atoms with E-state index in [1.54, 1.807) is 6.07 Å². The van der Waals surface area contributed by atoms with Crippen molar-refractivity contribution in [1.82, 2.24) is 15.0 Å². The van der Waals surface area contributed by atoms with Crippen molar-refractivity contribution in [3.05, 3.63) is 94.1 Å². The molecule has 0 atom stereocenters. The monoisotopic (exact) mass is 450 g/mol. The van der Waals surface area contributed by atoms with Crippen LogP contribution in [0.3, 0.4) is 0 Å². The summed E-state index contributed by atoms with van der Waals surface area (Å²) in [6.07, 6.45) is 0.875. The normalized spacial score (nSPS) is 12.1. The Morgan fingerprint density at radius 2 is 1.90 bits per heavy atom. The summed E-state index contributed by atoms with van der Waals surface area (Å²) in [5, 5.41) is 12.9. The highest BCUT2D eigenvalue weighted by Crippen LogP contribution is 2.25. The summed E-state index contributed by atoms with van der Waals surface area (Å²) in [4.78, 5) is 19.6. The number of rotatable bonds is 7. The number of alkyl halides is 2. The van der Waals surface area contributed by atoms with E-state index < -0.39 is 29.9 Å². The molecule has 2 aromatic heterocycles. The lowest BCUT2D eigenvalue weighted by Crippen LogP contribution is -2.30. The van der Waals surface area contributed by atoms with Crippen molar-refractivity contribution in [3.8, 4) is 0 Å². The summed E-state index contributed by atoms with van der Waals surface area (Å²) in [6, 6.07) is 12.7. The van der Waals surface area contributed by atoms with Crippen LogP contribution in [0.4, 0.5) is 13.2 Å². The first kappa shape index (κ1) is 22.4. The fourth-order valence-electron chi connectivity index (χ4n) is 2.72. The molecule has 0 aliphatic heterocycles. The number of hydrogen-bond donors (Lipinski definition) is 2. The van der Waals surface area contributed by atoms with Crippen LogP contribution in [0.15, 0.2) is 65.8 Å². The van der Waals surface area contributed by atoms with Gasteiger partial charge in [0.25, 0.3) is 0 Å². The number of hydrogen-bond acceptors (Lipinski definition) is 4. The average molecular weight is 451 g/mol. The van der Waals surface area contributed by atoms with Crippen LogP contribution >= 0.6 is 11.6 Å². The SMILES string of the molecule is O=C(Cc1c(Cl)ccc(=NCC(F)(F)c2ccccn2)n1O)NCc1ccccc1F. The van der Waals surface area contributed by atoms with Crippen LogP contribution in [-0.2, 0) is 23.7 Å². The molecule has 1 aromatic carbocycles. The van der Waals surface area contributed by atoms with E-state index in [4.69, 9.17) is 11.6 Å².